The molecule has 0 radical (unpaired) electrons. The van der Waals surface area contributed by atoms with E-state index < -0.39 is 11.7 Å². The molecule has 0 rings (SSSR count). The summed E-state index contributed by atoms with van der Waals surface area (Å²) in [6.45, 7) is 15.2. The Labute approximate surface area is 130 Å². The van der Waals surface area contributed by atoms with Crippen LogP contribution in [0.4, 0.5) is 0 Å². The van der Waals surface area contributed by atoms with Gasteiger partial charge in [-0.25, -0.2) is 0 Å². The first kappa shape index (κ1) is 20.4. The van der Waals surface area contributed by atoms with Crippen LogP contribution in [0.25, 0.3) is 0 Å². The summed E-state index contributed by atoms with van der Waals surface area (Å²) in [5, 5.41) is 0. The molecule has 0 aliphatic rings. The molecule has 0 bridgehead atoms. The lowest BCUT2D eigenvalue weighted by Crippen LogP contribution is -2.41. The van der Waals surface area contributed by atoms with Crippen LogP contribution in [0.2, 0.25) is 0 Å². The minimum Gasteiger partial charge on any atom is -0.435 e. The van der Waals surface area contributed by atoms with Gasteiger partial charge in [0.1, 0.15) is 0 Å². The van der Waals surface area contributed by atoms with Crippen molar-refractivity contribution in [2.24, 2.45) is 16.7 Å². The predicted molar refractivity (Wildman–Crippen MR) is 85.0 cm³/mol. The molecule has 0 aromatic heterocycles. The van der Waals surface area contributed by atoms with E-state index in [0.29, 0.717) is 25.6 Å². The Hall–Kier alpha value is -0.610. The van der Waals surface area contributed by atoms with E-state index in [1.807, 2.05) is 34.6 Å². The van der Waals surface area contributed by atoms with E-state index in [-0.39, 0.29) is 11.4 Å². The number of hydrogen-bond donors (Lipinski definition) is 0. The fraction of sp³-hybridized carbons (Fsp3) is 0.941. The van der Waals surface area contributed by atoms with E-state index >= 15 is 0 Å². The van der Waals surface area contributed by atoms with Crippen LogP contribution in [0, 0.1) is 16.7 Å². The Balaban J connectivity index is 4.66. The highest BCUT2D eigenvalue weighted by atomic mass is 16.7. The molecule has 0 saturated carbocycles. The molecule has 21 heavy (non-hydrogen) atoms. The molecule has 0 aromatic carbocycles. The zero-order valence-corrected chi connectivity index (χ0v) is 15.1. The van der Waals surface area contributed by atoms with Crippen molar-refractivity contribution in [2.75, 3.05) is 20.3 Å². The molecule has 0 aliphatic heterocycles. The summed E-state index contributed by atoms with van der Waals surface area (Å²) < 4.78 is 16.2. The second kappa shape index (κ2) is 8.74. The normalized spacial score (nSPS) is 14.3. The van der Waals surface area contributed by atoms with E-state index in [9.17, 15) is 4.79 Å². The molecule has 1 unspecified atom stereocenters. The quantitative estimate of drug-likeness (QED) is 0.366. The van der Waals surface area contributed by atoms with Gasteiger partial charge in [-0.1, -0.05) is 34.6 Å². The van der Waals surface area contributed by atoms with Gasteiger partial charge in [0.2, 0.25) is 6.29 Å². The van der Waals surface area contributed by atoms with Gasteiger partial charge >= 0.3 is 5.97 Å². The van der Waals surface area contributed by atoms with Crippen molar-refractivity contribution >= 4 is 5.97 Å². The van der Waals surface area contributed by atoms with Crippen molar-refractivity contribution < 1.29 is 19.0 Å². The van der Waals surface area contributed by atoms with Gasteiger partial charge in [-0.05, 0) is 31.6 Å². The zero-order chi connectivity index (χ0) is 16.7. The second-order valence-corrected chi connectivity index (χ2v) is 7.54. The van der Waals surface area contributed by atoms with Crippen LogP contribution in [0.3, 0.4) is 0 Å². The SMILES string of the molecule is COCCOC(CCC(C)C)OC(=O)C(C)(C)C(C)(C)C. The van der Waals surface area contributed by atoms with Crippen LogP contribution in [0.15, 0.2) is 0 Å². The fourth-order valence-corrected chi connectivity index (χ4v) is 1.48. The first-order valence-corrected chi connectivity index (χ1v) is 7.84. The van der Waals surface area contributed by atoms with E-state index in [2.05, 4.69) is 13.8 Å². The maximum absolute atomic E-state index is 12.5. The average molecular weight is 302 g/mol. The van der Waals surface area contributed by atoms with Crippen molar-refractivity contribution in [3.8, 4) is 0 Å². The summed E-state index contributed by atoms with van der Waals surface area (Å²) in [7, 11) is 1.63. The molecule has 0 aromatic rings. The number of carbonyl (C=O) groups is 1. The number of rotatable bonds is 9. The Kier molecular flexibility index (Phi) is 8.49. The van der Waals surface area contributed by atoms with Gasteiger partial charge in [-0.3, -0.25) is 4.79 Å². The molecule has 1 atom stereocenters. The number of methoxy groups -OCH3 is 1. The Morgan fingerprint density at radius 1 is 1.00 bits per heavy atom. The highest BCUT2D eigenvalue weighted by molar-refractivity contribution is 5.77. The van der Waals surface area contributed by atoms with Gasteiger partial charge in [0.05, 0.1) is 18.6 Å². The monoisotopic (exact) mass is 302 g/mol. The second-order valence-electron chi connectivity index (χ2n) is 7.54. The summed E-state index contributed by atoms with van der Waals surface area (Å²) in [4.78, 5) is 12.5. The largest absolute Gasteiger partial charge is 0.435 e. The first-order valence-electron chi connectivity index (χ1n) is 7.84. The molecule has 4 nitrogen and oxygen atoms in total. The van der Waals surface area contributed by atoms with Crippen LogP contribution in [0.1, 0.15) is 61.3 Å². The third-order valence-electron chi connectivity index (χ3n) is 4.19. The molecule has 0 aliphatic carbocycles. The topological polar surface area (TPSA) is 44.8 Å². The standard InChI is InChI=1S/C17H34O4/c1-13(2)9-10-14(20-12-11-19-8)21-15(18)17(6,7)16(3,4)5/h13-14H,9-12H2,1-8H3. The molecule has 4 heteroatoms. The van der Waals surface area contributed by atoms with E-state index in [4.69, 9.17) is 14.2 Å². The molecule has 0 amide bonds. The van der Waals surface area contributed by atoms with Gasteiger partial charge in [-0.15, -0.1) is 0 Å². The minimum atomic E-state index is -0.562. The summed E-state index contributed by atoms with van der Waals surface area (Å²) >= 11 is 0. The average Bonchev–Trinajstić information content (AvgIpc) is 2.34. The molecule has 0 fully saturated rings. The van der Waals surface area contributed by atoms with Gasteiger partial charge in [-0.2, -0.15) is 0 Å². The number of carbonyl (C=O) groups excluding carboxylic acids is 1. The van der Waals surface area contributed by atoms with Crippen molar-refractivity contribution in [1.82, 2.24) is 0 Å². The maximum atomic E-state index is 12.5. The Morgan fingerprint density at radius 2 is 1.57 bits per heavy atom. The minimum absolute atomic E-state index is 0.167. The highest BCUT2D eigenvalue weighted by Gasteiger charge is 2.42. The molecule has 126 valence electrons. The summed E-state index contributed by atoms with van der Waals surface area (Å²) in [5.41, 5.74) is -0.729. The van der Waals surface area contributed by atoms with Crippen molar-refractivity contribution in [2.45, 2.75) is 67.6 Å². The molecule has 0 heterocycles. The Morgan fingerprint density at radius 3 is 2.00 bits per heavy atom. The van der Waals surface area contributed by atoms with Crippen LogP contribution in [-0.2, 0) is 19.0 Å². The van der Waals surface area contributed by atoms with Gasteiger partial charge in [0.25, 0.3) is 0 Å². The first-order chi connectivity index (χ1) is 9.52. The van der Waals surface area contributed by atoms with Crippen LogP contribution in [-0.4, -0.2) is 32.6 Å². The van der Waals surface area contributed by atoms with Gasteiger partial charge in [0, 0.05) is 13.5 Å². The van der Waals surface area contributed by atoms with Crippen LogP contribution < -0.4 is 0 Å². The van der Waals surface area contributed by atoms with Crippen molar-refractivity contribution in [3.63, 3.8) is 0 Å². The van der Waals surface area contributed by atoms with Crippen LogP contribution in [0.5, 0.6) is 0 Å². The van der Waals surface area contributed by atoms with E-state index in [0.717, 1.165) is 6.42 Å². The fourth-order valence-electron chi connectivity index (χ4n) is 1.48. The lowest BCUT2D eigenvalue weighted by atomic mass is 9.69. The summed E-state index contributed by atoms with van der Waals surface area (Å²) in [6, 6.07) is 0. The third kappa shape index (κ3) is 7.28. The molecular formula is C17H34O4. The molecule has 0 N–H and O–H groups in total. The molecule has 0 saturated heterocycles. The lowest BCUT2D eigenvalue weighted by molar-refractivity contribution is -0.197. The van der Waals surface area contributed by atoms with Crippen molar-refractivity contribution in [1.29, 1.82) is 0 Å². The maximum Gasteiger partial charge on any atom is 0.314 e. The van der Waals surface area contributed by atoms with Crippen LogP contribution >= 0.6 is 0 Å². The summed E-state index contributed by atoms with van der Waals surface area (Å²) in [6.07, 6.45) is 1.19. The van der Waals surface area contributed by atoms with Gasteiger partial charge in [0.15, 0.2) is 0 Å². The lowest BCUT2D eigenvalue weighted by Gasteiger charge is -2.37. The summed E-state index contributed by atoms with van der Waals surface area (Å²) in [5.74, 6) is 0.342. The molecule has 0 spiro atoms. The van der Waals surface area contributed by atoms with Crippen molar-refractivity contribution in [3.05, 3.63) is 0 Å². The number of ether oxygens (including phenoxy) is 3. The number of hydrogen-bond acceptors (Lipinski definition) is 4. The third-order valence-corrected chi connectivity index (χ3v) is 4.19. The Bertz CT molecular complexity index is 302. The predicted octanol–water partition coefficient (Wildman–Crippen LogP) is 4.03. The van der Waals surface area contributed by atoms with E-state index in [1.165, 1.54) is 0 Å². The smallest absolute Gasteiger partial charge is 0.314 e. The van der Waals surface area contributed by atoms with E-state index in [1.54, 1.807) is 7.11 Å². The highest BCUT2D eigenvalue weighted by Crippen LogP contribution is 2.39. The zero-order valence-electron chi connectivity index (χ0n) is 15.1. The van der Waals surface area contributed by atoms with Gasteiger partial charge < -0.3 is 14.2 Å². The number of esters is 1. The molecular weight excluding hydrogens is 268 g/mol.